The van der Waals surface area contributed by atoms with Crippen molar-refractivity contribution >= 4 is 26.5 Å². The van der Waals surface area contributed by atoms with E-state index in [0.717, 1.165) is 16.6 Å². The van der Waals surface area contributed by atoms with Gasteiger partial charge in [0, 0.05) is 28.2 Å². The Morgan fingerprint density at radius 3 is 2.10 bits per heavy atom. The Hall–Kier alpha value is -3.18. The predicted molar refractivity (Wildman–Crippen MR) is 120 cm³/mol. The van der Waals surface area contributed by atoms with Gasteiger partial charge in [-0.25, -0.2) is 8.42 Å². The Balaban J connectivity index is 1.80. The molecule has 0 N–H and O–H groups in total. The Morgan fingerprint density at radius 1 is 0.867 bits per heavy atom. The lowest BCUT2D eigenvalue weighted by molar-refractivity contribution is 0.103. The van der Waals surface area contributed by atoms with Crippen LogP contribution in [0.4, 0.5) is 0 Å². The number of carbonyl (C=O) groups excluding carboxylic acids is 1. The summed E-state index contributed by atoms with van der Waals surface area (Å²) in [5.41, 5.74) is 2.89. The molecule has 0 amide bonds. The van der Waals surface area contributed by atoms with Crippen LogP contribution in [-0.4, -0.2) is 24.5 Å². The van der Waals surface area contributed by atoms with Crippen LogP contribution in [0.15, 0.2) is 89.8 Å². The maximum absolute atomic E-state index is 13.3. The fraction of sp³-hybridized carbons (Fsp3) is 0.160. The fourth-order valence-corrected chi connectivity index (χ4v) is 5.64. The number of rotatable bonds is 6. The van der Waals surface area contributed by atoms with Gasteiger partial charge in [0.1, 0.15) is 0 Å². The molecule has 30 heavy (non-hydrogen) atoms. The molecule has 152 valence electrons. The molecule has 1 unspecified atom stereocenters. The molecule has 1 atom stereocenters. The largest absolute Gasteiger partial charge is 0.340 e. The fourth-order valence-electron chi connectivity index (χ4n) is 4.10. The smallest absolute Gasteiger partial charge is 0.195 e. The van der Waals surface area contributed by atoms with Crippen molar-refractivity contribution in [3.63, 3.8) is 0 Å². The van der Waals surface area contributed by atoms with E-state index in [-0.39, 0.29) is 17.6 Å². The first-order valence-corrected chi connectivity index (χ1v) is 11.5. The molecule has 0 saturated heterocycles. The summed E-state index contributed by atoms with van der Waals surface area (Å²) < 4.78 is 27.9. The van der Waals surface area contributed by atoms with Crippen LogP contribution >= 0.6 is 0 Å². The zero-order valence-electron chi connectivity index (χ0n) is 16.9. The van der Waals surface area contributed by atoms with Gasteiger partial charge in [0.05, 0.1) is 16.2 Å². The summed E-state index contributed by atoms with van der Waals surface area (Å²) in [4.78, 5) is 13.6. The first-order chi connectivity index (χ1) is 14.4. The third kappa shape index (κ3) is 3.57. The summed E-state index contributed by atoms with van der Waals surface area (Å²) >= 11 is 0. The summed E-state index contributed by atoms with van der Waals surface area (Å²) in [6.45, 7) is 3.78. The molecule has 4 nitrogen and oxygen atoms in total. The Morgan fingerprint density at radius 2 is 1.43 bits per heavy atom. The lowest BCUT2D eigenvalue weighted by Crippen LogP contribution is -2.19. The number of fused-ring (bicyclic) bond motifs is 1. The summed E-state index contributed by atoms with van der Waals surface area (Å²) in [6, 6.07) is 25.0. The minimum Gasteiger partial charge on any atom is -0.340 e. The third-order valence-corrected chi connectivity index (χ3v) is 7.33. The number of sulfone groups is 1. The van der Waals surface area contributed by atoms with E-state index in [4.69, 9.17) is 0 Å². The molecular formula is C25H23NO3S. The minimum absolute atomic E-state index is 0.0461. The predicted octanol–water partition coefficient (Wildman–Crippen LogP) is 5.22. The maximum atomic E-state index is 13.3. The highest BCUT2D eigenvalue weighted by atomic mass is 32.2. The van der Waals surface area contributed by atoms with Crippen molar-refractivity contribution in [1.82, 2.24) is 4.57 Å². The first kappa shape index (κ1) is 20.1. The van der Waals surface area contributed by atoms with E-state index in [1.165, 1.54) is 0 Å². The number of benzene rings is 3. The van der Waals surface area contributed by atoms with Crippen molar-refractivity contribution in [3.8, 4) is 0 Å². The molecule has 0 spiro atoms. The van der Waals surface area contributed by atoms with Crippen LogP contribution in [0.25, 0.3) is 10.9 Å². The van der Waals surface area contributed by atoms with Crippen LogP contribution in [0.5, 0.6) is 0 Å². The van der Waals surface area contributed by atoms with Crippen LogP contribution in [0.1, 0.15) is 34.6 Å². The van der Waals surface area contributed by atoms with Gasteiger partial charge >= 0.3 is 0 Å². The van der Waals surface area contributed by atoms with Gasteiger partial charge in [0.15, 0.2) is 15.6 Å². The molecule has 4 rings (SSSR count). The molecule has 4 aromatic rings. The molecule has 0 fully saturated rings. The highest BCUT2D eigenvalue weighted by Gasteiger charge is 2.26. The van der Waals surface area contributed by atoms with Gasteiger partial charge in [0.2, 0.25) is 0 Å². The molecule has 5 heteroatoms. The number of para-hydroxylation sites is 1. The second kappa shape index (κ2) is 7.92. The zero-order valence-corrected chi connectivity index (χ0v) is 17.8. The highest BCUT2D eigenvalue weighted by molar-refractivity contribution is 7.91. The lowest BCUT2D eigenvalue weighted by atomic mass is 10.0. The number of ketones is 1. The summed E-state index contributed by atoms with van der Waals surface area (Å²) in [7, 11) is -3.46. The summed E-state index contributed by atoms with van der Waals surface area (Å²) in [5, 5.41) is 0.841. The van der Waals surface area contributed by atoms with Crippen LogP contribution in [0, 0.1) is 6.92 Å². The van der Waals surface area contributed by atoms with Gasteiger partial charge in [-0.2, -0.15) is 0 Å². The van der Waals surface area contributed by atoms with Gasteiger partial charge in [-0.1, -0.05) is 66.7 Å². The number of hydrogen-bond donors (Lipinski definition) is 0. The number of nitrogens with zero attached hydrogens (tertiary/aromatic N) is 1. The number of carbonyl (C=O) groups is 1. The molecule has 0 aliphatic heterocycles. The third-order valence-electron chi connectivity index (χ3n) is 5.42. The quantitative estimate of drug-likeness (QED) is 0.404. The molecule has 0 saturated carbocycles. The van der Waals surface area contributed by atoms with Crippen LogP contribution in [-0.2, 0) is 9.84 Å². The standard InChI is InChI=1S/C25H23NO3S/c1-18(17-30(28,29)21-13-7-4-8-14-21)26-19(2)24(22-15-9-10-16-23(22)26)25(27)20-11-5-3-6-12-20/h3-16,18H,17H2,1-2H3. The molecule has 3 aromatic carbocycles. The van der Waals surface area contributed by atoms with Gasteiger partial charge in [-0.05, 0) is 32.0 Å². The van der Waals surface area contributed by atoms with E-state index in [2.05, 4.69) is 0 Å². The monoisotopic (exact) mass is 417 g/mol. The van der Waals surface area contributed by atoms with E-state index in [1.54, 1.807) is 42.5 Å². The van der Waals surface area contributed by atoms with E-state index in [9.17, 15) is 13.2 Å². The zero-order chi connectivity index (χ0) is 21.3. The second-order valence-corrected chi connectivity index (χ2v) is 9.52. The molecule has 0 aliphatic carbocycles. The van der Waals surface area contributed by atoms with Crippen LogP contribution in [0.2, 0.25) is 0 Å². The SMILES string of the molecule is Cc1c(C(=O)c2ccccc2)c2ccccc2n1C(C)CS(=O)(=O)c1ccccc1. The van der Waals surface area contributed by atoms with Gasteiger partial charge in [0.25, 0.3) is 0 Å². The molecule has 0 radical (unpaired) electrons. The first-order valence-electron chi connectivity index (χ1n) is 9.87. The normalized spacial score (nSPS) is 12.7. The van der Waals surface area contributed by atoms with Gasteiger partial charge in [-0.3, -0.25) is 4.79 Å². The second-order valence-electron chi connectivity index (χ2n) is 7.49. The lowest BCUT2D eigenvalue weighted by Gasteiger charge is -2.18. The average Bonchev–Trinajstić information content (AvgIpc) is 3.06. The Kier molecular flexibility index (Phi) is 5.31. The summed E-state index contributed by atoms with van der Waals surface area (Å²) in [5.74, 6) is -0.101. The van der Waals surface area contributed by atoms with E-state index >= 15 is 0 Å². The van der Waals surface area contributed by atoms with E-state index in [0.29, 0.717) is 16.0 Å². The molecular weight excluding hydrogens is 394 g/mol. The van der Waals surface area contributed by atoms with Crippen molar-refractivity contribution in [1.29, 1.82) is 0 Å². The van der Waals surface area contributed by atoms with Crippen molar-refractivity contribution in [2.45, 2.75) is 24.8 Å². The van der Waals surface area contributed by atoms with E-state index in [1.807, 2.05) is 60.9 Å². The Bertz CT molecular complexity index is 1310. The molecule has 0 bridgehead atoms. The van der Waals surface area contributed by atoms with Crippen molar-refractivity contribution < 1.29 is 13.2 Å². The molecule has 1 aromatic heterocycles. The van der Waals surface area contributed by atoms with Crippen molar-refractivity contribution in [2.75, 3.05) is 5.75 Å². The highest BCUT2D eigenvalue weighted by Crippen LogP contribution is 2.32. The van der Waals surface area contributed by atoms with Crippen molar-refractivity contribution in [3.05, 3.63) is 102 Å². The van der Waals surface area contributed by atoms with Gasteiger partial charge in [-0.15, -0.1) is 0 Å². The van der Waals surface area contributed by atoms with Gasteiger partial charge < -0.3 is 4.57 Å². The number of aromatic nitrogens is 1. The maximum Gasteiger partial charge on any atom is 0.195 e. The summed E-state index contributed by atoms with van der Waals surface area (Å²) in [6.07, 6.45) is 0. The minimum atomic E-state index is -3.46. The van der Waals surface area contributed by atoms with Crippen LogP contribution in [0.3, 0.4) is 0 Å². The average molecular weight is 418 g/mol. The molecule has 1 heterocycles. The number of hydrogen-bond acceptors (Lipinski definition) is 3. The molecule has 0 aliphatic rings. The Labute approximate surface area is 176 Å². The van der Waals surface area contributed by atoms with E-state index < -0.39 is 9.84 Å². The van der Waals surface area contributed by atoms with Crippen molar-refractivity contribution in [2.24, 2.45) is 0 Å². The van der Waals surface area contributed by atoms with Crippen LogP contribution < -0.4 is 0 Å². The topological polar surface area (TPSA) is 56.1 Å².